The van der Waals surface area contributed by atoms with Crippen LogP contribution in [0.3, 0.4) is 0 Å². The fourth-order valence-corrected chi connectivity index (χ4v) is 2.65. The lowest BCUT2D eigenvalue weighted by Crippen LogP contribution is -2.38. The van der Waals surface area contributed by atoms with E-state index < -0.39 is 0 Å². The first-order valence-corrected chi connectivity index (χ1v) is 7.05. The SMILES string of the molecule is CN(C(=O)c1cc(Cl)ccc1-n1cnnn1)C1CCNC1.Cl. The molecule has 1 atom stereocenters. The second-order valence-corrected chi connectivity index (χ2v) is 5.41. The van der Waals surface area contributed by atoms with E-state index in [9.17, 15) is 4.79 Å². The maximum atomic E-state index is 12.8. The first kappa shape index (κ1) is 16.7. The summed E-state index contributed by atoms with van der Waals surface area (Å²) < 4.78 is 1.46. The van der Waals surface area contributed by atoms with Gasteiger partial charge >= 0.3 is 0 Å². The second-order valence-electron chi connectivity index (χ2n) is 4.98. The van der Waals surface area contributed by atoms with Crippen molar-refractivity contribution in [2.45, 2.75) is 12.5 Å². The molecule has 118 valence electrons. The summed E-state index contributed by atoms with van der Waals surface area (Å²) in [6, 6.07) is 5.30. The number of nitrogens with one attached hydrogen (secondary N) is 1. The van der Waals surface area contributed by atoms with E-state index in [-0.39, 0.29) is 24.4 Å². The van der Waals surface area contributed by atoms with Gasteiger partial charge in [0, 0.05) is 24.7 Å². The van der Waals surface area contributed by atoms with Gasteiger partial charge in [0.1, 0.15) is 6.33 Å². The van der Waals surface area contributed by atoms with E-state index in [2.05, 4.69) is 20.8 Å². The Hall–Kier alpha value is -1.70. The van der Waals surface area contributed by atoms with Gasteiger partial charge in [-0.1, -0.05) is 11.6 Å². The number of rotatable bonds is 3. The topological polar surface area (TPSA) is 75.9 Å². The number of likely N-dealkylation sites (N-methyl/N-ethyl adjacent to an activating group) is 1. The minimum Gasteiger partial charge on any atom is -0.337 e. The molecule has 2 heterocycles. The summed E-state index contributed by atoms with van der Waals surface area (Å²) in [6.07, 6.45) is 2.40. The van der Waals surface area contributed by atoms with Crippen molar-refractivity contribution in [3.8, 4) is 5.69 Å². The van der Waals surface area contributed by atoms with Crippen molar-refractivity contribution < 1.29 is 4.79 Å². The molecule has 1 unspecified atom stereocenters. The fourth-order valence-electron chi connectivity index (χ4n) is 2.48. The lowest BCUT2D eigenvalue weighted by atomic mass is 10.1. The van der Waals surface area contributed by atoms with Gasteiger partial charge in [-0.2, -0.15) is 4.68 Å². The molecule has 1 saturated heterocycles. The van der Waals surface area contributed by atoms with E-state index in [1.54, 1.807) is 23.1 Å². The number of nitrogens with zero attached hydrogens (tertiary/aromatic N) is 5. The van der Waals surface area contributed by atoms with Crippen molar-refractivity contribution in [1.29, 1.82) is 0 Å². The minimum atomic E-state index is -0.0864. The summed E-state index contributed by atoms with van der Waals surface area (Å²) >= 11 is 6.04. The number of benzene rings is 1. The highest BCUT2D eigenvalue weighted by molar-refractivity contribution is 6.31. The fraction of sp³-hybridized carbons (Fsp3) is 0.385. The number of hydrogen-bond acceptors (Lipinski definition) is 5. The van der Waals surface area contributed by atoms with Crippen LogP contribution >= 0.6 is 24.0 Å². The second kappa shape index (κ2) is 7.04. The van der Waals surface area contributed by atoms with E-state index in [1.165, 1.54) is 11.0 Å². The van der Waals surface area contributed by atoms with E-state index in [0.717, 1.165) is 19.5 Å². The molecule has 0 spiro atoms. The number of hydrogen-bond donors (Lipinski definition) is 1. The molecular weight excluding hydrogens is 327 g/mol. The molecule has 1 N–H and O–H groups in total. The highest BCUT2D eigenvalue weighted by Crippen LogP contribution is 2.21. The minimum absolute atomic E-state index is 0. The number of carbonyl (C=O) groups excluding carboxylic acids is 1. The van der Waals surface area contributed by atoms with Crippen LogP contribution in [-0.4, -0.2) is 57.2 Å². The number of tetrazole rings is 1. The van der Waals surface area contributed by atoms with Crippen molar-refractivity contribution in [2.75, 3.05) is 20.1 Å². The molecular formula is C13H16Cl2N6O. The van der Waals surface area contributed by atoms with Gasteiger partial charge in [0.25, 0.3) is 5.91 Å². The van der Waals surface area contributed by atoms with Gasteiger partial charge in [0.05, 0.1) is 11.3 Å². The van der Waals surface area contributed by atoms with E-state index in [4.69, 9.17) is 11.6 Å². The van der Waals surface area contributed by atoms with E-state index in [0.29, 0.717) is 16.3 Å². The smallest absolute Gasteiger partial charge is 0.256 e. The van der Waals surface area contributed by atoms with Gasteiger partial charge in [0.2, 0.25) is 0 Å². The third kappa shape index (κ3) is 3.21. The Bertz CT molecular complexity index is 642. The summed E-state index contributed by atoms with van der Waals surface area (Å²) in [4.78, 5) is 14.5. The normalized spacial score (nSPS) is 17.1. The Balaban J connectivity index is 0.00000176. The third-order valence-corrected chi connectivity index (χ3v) is 3.92. The highest BCUT2D eigenvalue weighted by atomic mass is 35.5. The van der Waals surface area contributed by atoms with Gasteiger partial charge in [-0.05, 0) is 41.6 Å². The van der Waals surface area contributed by atoms with Crippen LogP contribution in [0.2, 0.25) is 5.02 Å². The van der Waals surface area contributed by atoms with Crippen LogP contribution in [0, 0.1) is 0 Å². The van der Waals surface area contributed by atoms with Gasteiger partial charge in [0.15, 0.2) is 0 Å². The van der Waals surface area contributed by atoms with Gasteiger partial charge in [-0.3, -0.25) is 4.79 Å². The van der Waals surface area contributed by atoms with Crippen LogP contribution in [0.1, 0.15) is 16.8 Å². The summed E-state index contributed by atoms with van der Waals surface area (Å²) in [5.41, 5.74) is 1.11. The van der Waals surface area contributed by atoms with Gasteiger partial charge in [-0.15, -0.1) is 17.5 Å². The molecule has 0 bridgehead atoms. The molecule has 1 aromatic carbocycles. The Kier molecular flexibility index (Phi) is 5.33. The average Bonchev–Trinajstić information content (AvgIpc) is 3.18. The molecule has 0 radical (unpaired) electrons. The van der Waals surface area contributed by atoms with Crippen molar-refractivity contribution in [1.82, 2.24) is 30.4 Å². The zero-order valence-corrected chi connectivity index (χ0v) is 13.5. The van der Waals surface area contributed by atoms with Crippen molar-refractivity contribution in [3.63, 3.8) is 0 Å². The zero-order chi connectivity index (χ0) is 14.8. The molecule has 3 rings (SSSR count). The predicted molar refractivity (Wildman–Crippen MR) is 84.8 cm³/mol. The largest absolute Gasteiger partial charge is 0.337 e. The summed E-state index contributed by atoms with van der Waals surface area (Å²) in [5.74, 6) is -0.0864. The molecule has 1 fully saturated rings. The molecule has 22 heavy (non-hydrogen) atoms. The average molecular weight is 343 g/mol. The first-order valence-electron chi connectivity index (χ1n) is 6.67. The van der Waals surface area contributed by atoms with Crippen molar-refractivity contribution >= 4 is 29.9 Å². The number of aromatic nitrogens is 4. The van der Waals surface area contributed by atoms with Crippen molar-refractivity contribution in [3.05, 3.63) is 35.1 Å². The molecule has 1 aliphatic rings. The van der Waals surface area contributed by atoms with Gasteiger partial charge < -0.3 is 10.2 Å². The summed E-state index contributed by atoms with van der Waals surface area (Å²) in [6.45, 7) is 1.74. The predicted octanol–water partition coefficient (Wildman–Crippen LogP) is 1.17. The number of carbonyl (C=O) groups is 1. The number of halogens is 2. The first-order chi connectivity index (χ1) is 10.2. The Morgan fingerprint density at radius 3 is 2.95 bits per heavy atom. The van der Waals surface area contributed by atoms with E-state index >= 15 is 0 Å². The molecule has 0 aliphatic carbocycles. The lowest BCUT2D eigenvalue weighted by molar-refractivity contribution is 0.0743. The van der Waals surface area contributed by atoms with Crippen LogP contribution in [0.25, 0.3) is 5.69 Å². The highest BCUT2D eigenvalue weighted by Gasteiger charge is 2.26. The lowest BCUT2D eigenvalue weighted by Gasteiger charge is -2.24. The van der Waals surface area contributed by atoms with E-state index in [1.807, 2.05) is 7.05 Å². The Morgan fingerprint density at radius 1 is 1.50 bits per heavy atom. The third-order valence-electron chi connectivity index (χ3n) is 3.69. The molecule has 2 aromatic rings. The van der Waals surface area contributed by atoms with Crippen LogP contribution in [0.15, 0.2) is 24.5 Å². The standard InChI is InChI=1S/C13H15ClN6O.ClH/c1-19(10-4-5-15-7-10)13(21)11-6-9(14)2-3-12(11)20-8-16-17-18-20;/h2-3,6,8,10,15H,4-5,7H2,1H3;1H. The monoisotopic (exact) mass is 342 g/mol. The van der Waals surface area contributed by atoms with Crippen LogP contribution in [0.4, 0.5) is 0 Å². The Morgan fingerprint density at radius 2 is 2.32 bits per heavy atom. The van der Waals surface area contributed by atoms with Crippen molar-refractivity contribution in [2.24, 2.45) is 0 Å². The summed E-state index contributed by atoms with van der Waals surface area (Å²) in [7, 11) is 1.81. The molecule has 1 amide bonds. The van der Waals surface area contributed by atoms with Crippen LogP contribution in [0.5, 0.6) is 0 Å². The maximum Gasteiger partial charge on any atom is 0.256 e. The van der Waals surface area contributed by atoms with Crippen LogP contribution in [-0.2, 0) is 0 Å². The number of amides is 1. The maximum absolute atomic E-state index is 12.8. The molecule has 1 aliphatic heterocycles. The molecule has 7 nitrogen and oxygen atoms in total. The van der Waals surface area contributed by atoms with Crippen LogP contribution < -0.4 is 5.32 Å². The zero-order valence-electron chi connectivity index (χ0n) is 11.9. The molecule has 0 saturated carbocycles. The molecule has 9 heteroatoms. The Labute approximate surface area is 139 Å². The van der Waals surface area contributed by atoms with Gasteiger partial charge in [-0.25, -0.2) is 0 Å². The quantitative estimate of drug-likeness (QED) is 0.906. The summed E-state index contributed by atoms with van der Waals surface area (Å²) in [5, 5.41) is 14.8. The molecule has 1 aromatic heterocycles.